The van der Waals surface area contributed by atoms with Gasteiger partial charge in [-0.2, -0.15) is 0 Å². The average Bonchev–Trinajstić information content (AvgIpc) is 3.24. The van der Waals surface area contributed by atoms with Crippen LogP contribution >= 0.6 is 0 Å². The predicted molar refractivity (Wildman–Crippen MR) is 239 cm³/mol. The quantitative estimate of drug-likeness (QED) is 0.118. The molecule has 18 heteroatoms. The number of likely N-dealkylation sites (N-methyl/N-ethyl adjacent to an activating group) is 1. The first-order chi connectivity index (χ1) is 29.8. The van der Waals surface area contributed by atoms with Gasteiger partial charge in [0, 0.05) is 45.1 Å². The Hall–Kier alpha value is -2.23. The molecule has 0 bridgehead atoms. The summed E-state index contributed by atoms with van der Waals surface area (Å²) in [5.74, 6) is -3.73. The second-order valence-electron chi connectivity index (χ2n) is 19.4. The van der Waals surface area contributed by atoms with Crippen molar-refractivity contribution >= 4 is 18.0 Å². The molecule has 3 rings (SSSR count). The third-order valence-corrected chi connectivity index (χ3v) is 14.2. The zero-order valence-electron chi connectivity index (χ0n) is 41.8. The molecule has 0 unspecified atom stereocenters. The standard InChI is InChI=1S/C46H86N4O14/c1-17-33-46(12,56)37(52)30(8)48-40(53)26(4)24-44(10,57-15)38(63-42-35(51)32(49(13)14)23-27(5)59-42)28(6)36(29(7)41(54)61-33)62-34-25-45(11,58-16)39(31(9)60-34)64-43(55)47-21-20-22-50(18-2)19-3/h26-39,42,51-52,56H,17-25H2,1-16H3,(H,47,55)(H,48,53)/t26-,27-,28+,29-,30-,31+,32+,33-,34+,35-,36+,37-,38-,39+,42+,44-,45-,46-/m1/s1. The van der Waals surface area contributed by atoms with E-state index in [0.29, 0.717) is 13.0 Å². The molecule has 0 aromatic heterocycles. The molecule has 0 spiro atoms. The SMILES string of the molecule is CC[C@H]1OC(=O)[C@H](C)[C@@H](O[C@H]2C[C@@](C)(OC)[C@@H](OC(=O)NCCCN(CC)CC)[C@H](C)O2)[C@H](C)[C@@H](O[C@@H]2O[C@H](C)C[C@H](N(C)C)[C@H]2O)[C@](C)(OC)C[C@@H](C)C(=O)N[C@H](C)[C@@H](O)[C@]1(C)O. The van der Waals surface area contributed by atoms with Gasteiger partial charge in [0.1, 0.15) is 29.5 Å². The number of carbonyl (C=O) groups excluding carboxylic acids is 3. The second kappa shape index (κ2) is 24.2. The van der Waals surface area contributed by atoms with Crippen LogP contribution in [0, 0.1) is 17.8 Å². The number of rotatable bonds is 15. The van der Waals surface area contributed by atoms with E-state index in [1.807, 2.05) is 39.8 Å². The van der Waals surface area contributed by atoms with Crippen molar-refractivity contribution in [1.29, 1.82) is 0 Å². The highest BCUT2D eigenvalue weighted by molar-refractivity contribution is 5.78. The first-order valence-corrected chi connectivity index (χ1v) is 23.5. The molecular weight excluding hydrogens is 833 g/mol. The van der Waals surface area contributed by atoms with Crippen molar-refractivity contribution in [2.24, 2.45) is 17.8 Å². The van der Waals surface area contributed by atoms with Gasteiger partial charge in [-0.15, -0.1) is 0 Å². The van der Waals surface area contributed by atoms with Gasteiger partial charge >= 0.3 is 12.1 Å². The van der Waals surface area contributed by atoms with Crippen LogP contribution in [-0.4, -0.2) is 188 Å². The number of esters is 1. The second-order valence-corrected chi connectivity index (χ2v) is 19.4. The lowest BCUT2D eigenvalue weighted by atomic mass is 9.77. The molecule has 3 heterocycles. The summed E-state index contributed by atoms with van der Waals surface area (Å²) >= 11 is 0. The fourth-order valence-electron chi connectivity index (χ4n) is 9.82. The summed E-state index contributed by atoms with van der Waals surface area (Å²) in [7, 11) is 6.78. The van der Waals surface area contributed by atoms with E-state index in [-0.39, 0.29) is 31.4 Å². The summed E-state index contributed by atoms with van der Waals surface area (Å²) < 4.78 is 51.0. The third-order valence-electron chi connectivity index (χ3n) is 14.2. The largest absolute Gasteiger partial charge is 0.459 e. The van der Waals surface area contributed by atoms with Gasteiger partial charge in [0.15, 0.2) is 18.7 Å². The molecule has 0 aliphatic carbocycles. The van der Waals surface area contributed by atoms with E-state index in [0.717, 1.165) is 26.1 Å². The molecule has 0 aromatic carbocycles. The van der Waals surface area contributed by atoms with Gasteiger partial charge in [0.25, 0.3) is 0 Å². The first-order valence-electron chi connectivity index (χ1n) is 23.5. The Morgan fingerprint density at radius 1 is 0.906 bits per heavy atom. The van der Waals surface area contributed by atoms with E-state index in [1.54, 1.807) is 41.5 Å². The molecule has 18 atom stereocenters. The maximum atomic E-state index is 14.5. The summed E-state index contributed by atoms with van der Waals surface area (Å²) in [6.45, 7) is 24.4. The van der Waals surface area contributed by atoms with Crippen LogP contribution in [0.3, 0.4) is 0 Å². The maximum absolute atomic E-state index is 14.5. The summed E-state index contributed by atoms with van der Waals surface area (Å²) in [5, 5.41) is 40.6. The minimum atomic E-state index is -1.97. The summed E-state index contributed by atoms with van der Waals surface area (Å²) in [5.41, 5.74) is -4.38. The number of nitrogens with one attached hydrogen (secondary N) is 2. The summed E-state index contributed by atoms with van der Waals surface area (Å²) in [6.07, 6.45) is -8.96. The summed E-state index contributed by atoms with van der Waals surface area (Å²) in [4.78, 5) is 45.7. The van der Waals surface area contributed by atoms with E-state index < -0.39 is 114 Å². The minimum Gasteiger partial charge on any atom is -0.459 e. The zero-order valence-corrected chi connectivity index (χ0v) is 41.8. The molecule has 0 radical (unpaired) electrons. The van der Waals surface area contributed by atoms with Crippen LogP contribution in [0.1, 0.15) is 115 Å². The van der Waals surface area contributed by atoms with Crippen LogP contribution in [0.2, 0.25) is 0 Å². The number of cyclic esters (lactones) is 1. The van der Waals surface area contributed by atoms with Gasteiger partial charge in [0.2, 0.25) is 5.91 Å². The third kappa shape index (κ3) is 13.7. The molecule has 2 amide bonds. The van der Waals surface area contributed by atoms with Crippen molar-refractivity contribution in [3.05, 3.63) is 0 Å². The predicted octanol–water partition coefficient (Wildman–Crippen LogP) is 3.21. The Kier molecular flexibility index (Phi) is 21.2. The van der Waals surface area contributed by atoms with E-state index in [9.17, 15) is 29.7 Å². The monoisotopic (exact) mass is 919 g/mol. The highest BCUT2D eigenvalue weighted by Gasteiger charge is 2.54. The molecule has 3 fully saturated rings. The number of carbonyl (C=O) groups is 3. The summed E-state index contributed by atoms with van der Waals surface area (Å²) in [6, 6.07) is -1.26. The Balaban J connectivity index is 2.11. The molecule has 0 aromatic rings. The van der Waals surface area contributed by atoms with Crippen molar-refractivity contribution in [3.63, 3.8) is 0 Å². The van der Waals surface area contributed by atoms with Gasteiger partial charge < -0.3 is 73.6 Å². The normalized spacial score (nSPS) is 42.0. The van der Waals surface area contributed by atoms with Crippen LogP contribution in [-0.2, 0) is 47.5 Å². The van der Waals surface area contributed by atoms with E-state index in [1.165, 1.54) is 21.1 Å². The average molecular weight is 919 g/mol. The van der Waals surface area contributed by atoms with Crippen LogP contribution in [0.15, 0.2) is 0 Å². The number of aliphatic hydroxyl groups is 3. The fraction of sp³-hybridized carbons (Fsp3) is 0.935. The molecule has 3 aliphatic rings. The van der Waals surface area contributed by atoms with Crippen molar-refractivity contribution in [2.75, 3.05) is 54.5 Å². The van der Waals surface area contributed by atoms with Crippen LogP contribution in [0.4, 0.5) is 4.79 Å². The lowest BCUT2D eigenvalue weighted by Crippen LogP contribution is -2.61. The zero-order chi connectivity index (χ0) is 48.5. The van der Waals surface area contributed by atoms with Crippen molar-refractivity contribution in [2.45, 2.75) is 205 Å². The fourth-order valence-corrected chi connectivity index (χ4v) is 9.82. The molecule has 3 saturated heterocycles. The van der Waals surface area contributed by atoms with E-state index in [2.05, 4.69) is 29.4 Å². The number of amides is 2. The highest BCUT2D eigenvalue weighted by Crippen LogP contribution is 2.41. The van der Waals surface area contributed by atoms with E-state index >= 15 is 0 Å². The van der Waals surface area contributed by atoms with Crippen LogP contribution < -0.4 is 10.6 Å². The molecule has 18 nitrogen and oxygen atoms in total. The number of ether oxygens (including phenoxy) is 8. The molecule has 374 valence electrons. The van der Waals surface area contributed by atoms with Crippen LogP contribution in [0.5, 0.6) is 0 Å². The topological polar surface area (TPSA) is 216 Å². The molecule has 5 N–H and O–H groups in total. The number of aliphatic hydroxyl groups excluding tert-OH is 2. The van der Waals surface area contributed by atoms with Gasteiger partial charge in [-0.1, -0.05) is 34.6 Å². The van der Waals surface area contributed by atoms with Crippen molar-refractivity contribution in [1.82, 2.24) is 20.4 Å². The lowest BCUT2D eigenvalue weighted by Gasteiger charge is -2.49. The Morgan fingerprint density at radius 2 is 1.52 bits per heavy atom. The number of methoxy groups -OCH3 is 2. The van der Waals surface area contributed by atoms with Crippen molar-refractivity contribution in [3.8, 4) is 0 Å². The minimum absolute atomic E-state index is 0.0753. The number of alkyl carbamates (subject to hydrolysis) is 1. The Labute approximate surface area is 383 Å². The van der Waals surface area contributed by atoms with Crippen molar-refractivity contribution < 1.29 is 67.6 Å². The van der Waals surface area contributed by atoms with Gasteiger partial charge in [-0.25, -0.2) is 4.79 Å². The number of nitrogens with zero attached hydrogens (tertiary/aromatic N) is 2. The Morgan fingerprint density at radius 3 is 2.08 bits per heavy atom. The van der Waals surface area contributed by atoms with Gasteiger partial charge in [-0.3, -0.25) is 9.59 Å². The van der Waals surface area contributed by atoms with Gasteiger partial charge in [0.05, 0.1) is 42.0 Å². The molecule has 0 saturated carbocycles. The number of hydrogen-bond acceptors (Lipinski definition) is 16. The smallest absolute Gasteiger partial charge is 0.407 e. The first kappa shape index (κ1) is 56.1. The van der Waals surface area contributed by atoms with E-state index in [4.69, 9.17) is 37.9 Å². The molecular formula is C46H86N4O14. The molecule has 3 aliphatic heterocycles. The van der Waals surface area contributed by atoms with Gasteiger partial charge in [-0.05, 0) is 108 Å². The maximum Gasteiger partial charge on any atom is 0.407 e. The number of hydrogen-bond donors (Lipinski definition) is 5. The Bertz CT molecular complexity index is 1470. The lowest BCUT2D eigenvalue weighted by molar-refractivity contribution is -0.318. The molecule has 64 heavy (non-hydrogen) atoms. The van der Waals surface area contributed by atoms with Crippen LogP contribution in [0.25, 0.3) is 0 Å². The highest BCUT2D eigenvalue weighted by atomic mass is 16.7.